The lowest BCUT2D eigenvalue weighted by atomic mass is 9.94. The van der Waals surface area contributed by atoms with E-state index in [0.717, 1.165) is 16.5 Å². The van der Waals surface area contributed by atoms with E-state index in [4.69, 9.17) is 5.11 Å². The number of carboxylic acid groups (broad SMARTS) is 2. The van der Waals surface area contributed by atoms with Crippen LogP contribution in [0.15, 0.2) is 30.5 Å². The van der Waals surface area contributed by atoms with Gasteiger partial charge in [-0.3, -0.25) is 14.5 Å². The number of aromatic nitrogens is 1. The van der Waals surface area contributed by atoms with Crippen molar-refractivity contribution in [1.29, 1.82) is 0 Å². The molecule has 1 aliphatic heterocycles. The van der Waals surface area contributed by atoms with Gasteiger partial charge < -0.3 is 15.2 Å². The summed E-state index contributed by atoms with van der Waals surface area (Å²) in [6.07, 6.45) is 2.72. The standard InChI is InChI=1S/C16H18N2O4/c19-15(20)10-5-7-18(8-6-10)14(16(21)22)12-9-17-13-4-2-1-3-11(12)13/h1-4,9-10,14,17H,5-8H2,(H,19,20)(H,21,22)/t14-/m0/s1. The van der Waals surface area contributed by atoms with Crippen molar-refractivity contribution in [1.82, 2.24) is 9.88 Å². The van der Waals surface area contributed by atoms with Crippen LogP contribution in [0.25, 0.3) is 10.9 Å². The first-order chi connectivity index (χ1) is 10.6. The molecule has 0 radical (unpaired) electrons. The molecule has 116 valence electrons. The van der Waals surface area contributed by atoms with Crippen LogP contribution in [-0.2, 0) is 9.59 Å². The number of hydrogen-bond acceptors (Lipinski definition) is 3. The van der Waals surface area contributed by atoms with E-state index < -0.39 is 18.0 Å². The summed E-state index contributed by atoms with van der Waals surface area (Å²) in [5.74, 6) is -2.06. The van der Waals surface area contributed by atoms with Gasteiger partial charge in [0.15, 0.2) is 0 Å². The van der Waals surface area contributed by atoms with Gasteiger partial charge in [-0.05, 0) is 18.9 Å². The van der Waals surface area contributed by atoms with Crippen molar-refractivity contribution in [3.05, 3.63) is 36.0 Å². The lowest BCUT2D eigenvalue weighted by Gasteiger charge is -2.34. The molecule has 3 rings (SSSR count). The summed E-state index contributed by atoms with van der Waals surface area (Å²) in [6, 6.07) is 6.85. The first-order valence-electron chi connectivity index (χ1n) is 7.33. The summed E-state index contributed by atoms with van der Waals surface area (Å²) < 4.78 is 0. The van der Waals surface area contributed by atoms with Gasteiger partial charge in [0, 0.05) is 35.8 Å². The first-order valence-corrected chi connectivity index (χ1v) is 7.33. The highest BCUT2D eigenvalue weighted by molar-refractivity contribution is 5.89. The van der Waals surface area contributed by atoms with Crippen LogP contribution in [0.5, 0.6) is 0 Å². The molecule has 0 unspecified atom stereocenters. The normalized spacial score (nSPS) is 18.4. The van der Waals surface area contributed by atoms with Gasteiger partial charge in [-0.25, -0.2) is 0 Å². The largest absolute Gasteiger partial charge is 0.481 e. The predicted molar refractivity (Wildman–Crippen MR) is 80.6 cm³/mol. The van der Waals surface area contributed by atoms with Gasteiger partial charge in [-0.2, -0.15) is 0 Å². The number of piperidine rings is 1. The van der Waals surface area contributed by atoms with Crippen molar-refractivity contribution in [2.45, 2.75) is 18.9 Å². The maximum absolute atomic E-state index is 11.8. The Kier molecular flexibility index (Phi) is 3.85. The highest BCUT2D eigenvalue weighted by Gasteiger charge is 2.34. The van der Waals surface area contributed by atoms with Crippen LogP contribution in [0.2, 0.25) is 0 Å². The van der Waals surface area contributed by atoms with Crippen LogP contribution < -0.4 is 0 Å². The van der Waals surface area contributed by atoms with Crippen LogP contribution in [0.1, 0.15) is 24.4 Å². The number of nitrogens with one attached hydrogen (secondary N) is 1. The Bertz CT molecular complexity index is 701. The minimum atomic E-state index is -0.904. The number of aromatic amines is 1. The Morgan fingerprint density at radius 2 is 1.86 bits per heavy atom. The third kappa shape index (κ3) is 2.57. The van der Waals surface area contributed by atoms with E-state index in [-0.39, 0.29) is 5.92 Å². The number of aliphatic carboxylic acids is 2. The van der Waals surface area contributed by atoms with Crippen LogP contribution in [0, 0.1) is 5.92 Å². The zero-order valence-corrected chi connectivity index (χ0v) is 12.0. The highest BCUT2D eigenvalue weighted by atomic mass is 16.4. The fourth-order valence-corrected chi connectivity index (χ4v) is 3.21. The molecule has 6 nitrogen and oxygen atoms in total. The minimum absolute atomic E-state index is 0.367. The summed E-state index contributed by atoms with van der Waals surface area (Å²) in [4.78, 5) is 27.8. The van der Waals surface area contributed by atoms with Gasteiger partial charge in [-0.15, -0.1) is 0 Å². The molecule has 0 spiro atoms. The van der Waals surface area contributed by atoms with Crippen molar-refractivity contribution < 1.29 is 19.8 Å². The van der Waals surface area contributed by atoms with Gasteiger partial charge in [0.2, 0.25) is 0 Å². The number of H-pyrrole nitrogens is 1. The van der Waals surface area contributed by atoms with Gasteiger partial charge in [-0.1, -0.05) is 18.2 Å². The van der Waals surface area contributed by atoms with Gasteiger partial charge >= 0.3 is 11.9 Å². The summed E-state index contributed by atoms with van der Waals surface area (Å²) in [5, 5.41) is 19.6. The fourth-order valence-electron chi connectivity index (χ4n) is 3.21. The number of fused-ring (bicyclic) bond motifs is 1. The van der Waals surface area contributed by atoms with Crippen molar-refractivity contribution in [2.24, 2.45) is 5.92 Å². The highest BCUT2D eigenvalue weighted by Crippen LogP contribution is 2.31. The molecule has 2 heterocycles. The fraction of sp³-hybridized carbons (Fsp3) is 0.375. The number of benzene rings is 1. The number of hydrogen-bond donors (Lipinski definition) is 3. The Hall–Kier alpha value is -2.34. The molecule has 0 bridgehead atoms. The summed E-state index contributed by atoms with van der Waals surface area (Å²) in [7, 11) is 0. The van der Waals surface area contributed by atoms with Gasteiger partial charge in [0.1, 0.15) is 6.04 Å². The Morgan fingerprint density at radius 3 is 2.50 bits per heavy atom. The van der Waals surface area contributed by atoms with Gasteiger partial charge in [0.25, 0.3) is 0 Å². The molecule has 1 aliphatic rings. The summed E-state index contributed by atoms with van der Waals surface area (Å²) in [6.45, 7) is 0.959. The van der Waals surface area contributed by atoms with Crippen molar-refractivity contribution in [3.8, 4) is 0 Å². The van der Waals surface area contributed by atoms with Crippen LogP contribution in [0.4, 0.5) is 0 Å². The molecule has 0 aliphatic carbocycles. The molecule has 2 aromatic rings. The molecule has 1 fully saturated rings. The topological polar surface area (TPSA) is 93.6 Å². The van der Waals surface area contributed by atoms with E-state index in [1.165, 1.54) is 0 Å². The molecule has 3 N–H and O–H groups in total. The Balaban J connectivity index is 1.88. The average molecular weight is 302 g/mol. The number of likely N-dealkylation sites (tertiary alicyclic amines) is 1. The third-order valence-corrected chi connectivity index (χ3v) is 4.39. The summed E-state index contributed by atoms with van der Waals surface area (Å²) in [5.41, 5.74) is 1.64. The van der Waals surface area contributed by atoms with Crippen LogP contribution >= 0.6 is 0 Å². The van der Waals surface area contributed by atoms with E-state index in [1.807, 2.05) is 29.2 Å². The van der Waals surface area contributed by atoms with E-state index >= 15 is 0 Å². The number of nitrogens with zero attached hydrogens (tertiary/aromatic N) is 1. The number of rotatable bonds is 4. The average Bonchev–Trinajstić information content (AvgIpc) is 2.92. The van der Waals surface area contributed by atoms with Crippen molar-refractivity contribution >= 4 is 22.8 Å². The molecule has 1 aromatic carbocycles. The first kappa shape index (κ1) is 14.6. The molecule has 1 aromatic heterocycles. The zero-order chi connectivity index (χ0) is 15.7. The third-order valence-electron chi connectivity index (χ3n) is 4.39. The quantitative estimate of drug-likeness (QED) is 0.804. The monoisotopic (exact) mass is 302 g/mol. The second-order valence-corrected chi connectivity index (χ2v) is 5.68. The number of carboxylic acids is 2. The van der Waals surface area contributed by atoms with E-state index in [1.54, 1.807) is 6.20 Å². The summed E-state index contributed by atoms with van der Waals surface area (Å²) >= 11 is 0. The molecule has 1 atom stereocenters. The molecule has 0 amide bonds. The predicted octanol–water partition coefficient (Wildman–Crippen LogP) is 2.09. The second-order valence-electron chi connectivity index (χ2n) is 5.68. The van der Waals surface area contributed by atoms with E-state index in [0.29, 0.717) is 25.9 Å². The lowest BCUT2D eigenvalue weighted by molar-refractivity contribution is -0.146. The SMILES string of the molecule is O=C(O)C1CCN([C@H](C(=O)O)c2c[nH]c3ccccc23)CC1. The van der Waals surface area contributed by atoms with Crippen molar-refractivity contribution in [3.63, 3.8) is 0 Å². The molecule has 22 heavy (non-hydrogen) atoms. The number of carbonyl (C=O) groups is 2. The second kappa shape index (κ2) is 5.81. The van der Waals surface area contributed by atoms with Crippen molar-refractivity contribution in [2.75, 3.05) is 13.1 Å². The maximum Gasteiger partial charge on any atom is 0.325 e. The zero-order valence-electron chi connectivity index (χ0n) is 12.0. The van der Waals surface area contributed by atoms with E-state index in [9.17, 15) is 14.7 Å². The molecular weight excluding hydrogens is 284 g/mol. The van der Waals surface area contributed by atoms with E-state index in [2.05, 4.69) is 4.98 Å². The van der Waals surface area contributed by atoms with Crippen LogP contribution in [-0.4, -0.2) is 45.1 Å². The molecule has 1 saturated heterocycles. The Morgan fingerprint density at radius 1 is 1.18 bits per heavy atom. The van der Waals surface area contributed by atoms with Crippen LogP contribution in [0.3, 0.4) is 0 Å². The molecule has 0 saturated carbocycles. The Labute approximate surface area is 127 Å². The minimum Gasteiger partial charge on any atom is -0.481 e. The van der Waals surface area contributed by atoms with Gasteiger partial charge in [0.05, 0.1) is 5.92 Å². The maximum atomic E-state index is 11.8. The smallest absolute Gasteiger partial charge is 0.325 e. The molecule has 6 heteroatoms. The number of para-hydroxylation sites is 1. The molecular formula is C16H18N2O4. The lowest BCUT2D eigenvalue weighted by Crippen LogP contribution is -2.41.